The van der Waals surface area contributed by atoms with Crippen molar-refractivity contribution in [1.82, 2.24) is 20.0 Å². The van der Waals surface area contributed by atoms with Crippen molar-refractivity contribution in [1.29, 1.82) is 0 Å². The van der Waals surface area contributed by atoms with Gasteiger partial charge in [-0.05, 0) is 61.9 Å². The minimum absolute atomic E-state index is 0.0746. The first-order valence-corrected chi connectivity index (χ1v) is 12.2. The van der Waals surface area contributed by atoms with Crippen LogP contribution in [0, 0.1) is 0 Å². The first kappa shape index (κ1) is 24.1. The van der Waals surface area contributed by atoms with Crippen LogP contribution in [0.5, 0.6) is 5.75 Å². The number of piperazine rings is 1. The lowest BCUT2D eigenvalue weighted by molar-refractivity contribution is 0.0950. The lowest BCUT2D eigenvalue weighted by Gasteiger charge is -2.36. The van der Waals surface area contributed by atoms with Crippen molar-refractivity contribution >= 4 is 23.2 Å². The normalized spacial score (nSPS) is 14.3. The SMILES string of the molecule is CCc1c(C(=O)NCCCN2CCN(c3ccc(OC)cc3)CC2)cnn1-c1cccc(Cl)c1. The largest absolute Gasteiger partial charge is 0.497 e. The molecule has 1 fully saturated rings. The quantitative estimate of drug-likeness (QED) is 0.467. The van der Waals surface area contributed by atoms with Crippen LogP contribution in [-0.2, 0) is 6.42 Å². The first-order chi connectivity index (χ1) is 16.6. The summed E-state index contributed by atoms with van der Waals surface area (Å²) in [6.07, 6.45) is 3.26. The minimum atomic E-state index is -0.0746. The van der Waals surface area contributed by atoms with Gasteiger partial charge in [-0.15, -0.1) is 0 Å². The fourth-order valence-corrected chi connectivity index (χ4v) is 4.54. The third-order valence-electron chi connectivity index (χ3n) is 6.25. The van der Waals surface area contributed by atoms with Crippen LogP contribution >= 0.6 is 11.6 Å². The molecule has 0 saturated carbocycles. The molecule has 0 bridgehead atoms. The predicted molar refractivity (Wildman–Crippen MR) is 137 cm³/mol. The number of nitrogens with one attached hydrogen (secondary N) is 1. The number of hydrogen-bond donors (Lipinski definition) is 1. The zero-order valence-electron chi connectivity index (χ0n) is 19.8. The zero-order chi connectivity index (χ0) is 23.9. The lowest BCUT2D eigenvalue weighted by Crippen LogP contribution is -2.47. The molecule has 0 radical (unpaired) electrons. The number of halogens is 1. The molecule has 1 aliphatic heterocycles. The van der Waals surface area contributed by atoms with Crippen molar-refractivity contribution in [2.24, 2.45) is 0 Å². The van der Waals surface area contributed by atoms with E-state index in [-0.39, 0.29) is 5.91 Å². The van der Waals surface area contributed by atoms with Crippen molar-refractivity contribution < 1.29 is 9.53 Å². The Labute approximate surface area is 206 Å². The molecule has 0 aliphatic carbocycles. The van der Waals surface area contributed by atoms with Crippen molar-refractivity contribution in [3.63, 3.8) is 0 Å². The van der Waals surface area contributed by atoms with Crippen LogP contribution in [0.2, 0.25) is 5.02 Å². The fraction of sp³-hybridized carbons (Fsp3) is 0.385. The van der Waals surface area contributed by atoms with Gasteiger partial charge in [-0.2, -0.15) is 5.10 Å². The summed E-state index contributed by atoms with van der Waals surface area (Å²) < 4.78 is 7.04. The van der Waals surface area contributed by atoms with Crippen molar-refractivity contribution in [2.75, 3.05) is 51.3 Å². The Kier molecular flexibility index (Phi) is 8.08. The van der Waals surface area contributed by atoms with Gasteiger partial charge in [0.1, 0.15) is 5.75 Å². The van der Waals surface area contributed by atoms with Gasteiger partial charge >= 0.3 is 0 Å². The highest BCUT2D eigenvalue weighted by Crippen LogP contribution is 2.21. The molecule has 1 saturated heterocycles. The van der Waals surface area contributed by atoms with Gasteiger partial charge in [-0.3, -0.25) is 9.69 Å². The number of carbonyl (C=O) groups is 1. The van der Waals surface area contributed by atoms with Crippen LogP contribution in [0.1, 0.15) is 29.4 Å². The molecule has 3 aromatic rings. The van der Waals surface area contributed by atoms with Gasteiger partial charge in [0.05, 0.1) is 30.3 Å². The highest BCUT2D eigenvalue weighted by atomic mass is 35.5. The fourth-order valence-electron chi connectivity index (χ4n) is 4.36. The molecule has 1 N–H and O–H groups in total. The molecule has 2 heterocycles. The number of carbonyl (C=O) groups excluding carboxylic acids is 1. The number of nitrogens with zero attached hydrogens (tertiary/aromatic N) is 4. The predicted octanol–water partition coefficient (Wildman–Crippen LogP) is 4.04. The number of methoxy groups -OCH3 is 1. The number of amides is 1. The molecule has 1 aliphatic rings. The summed E-state index contributed by atoms with van der Waals surface area (Å²) in [7, 11) is 1.69. The van der Waals surface area contributed by atoms with E-state index in [1.54, 1.807) is 18.0 Å². The summed E-state index contributed by atoms with van der Waals surface area (Å²) in [5.74, 6) is 0.807. The van der Waals surface area contributed by atoms with Gasteiger partial charge in [0.2, 0.25) is 0 Å². The number of rotatable bonds is 9. The Hall–Kier alpha value is -3.03. The maximum Gasteiger partial charge on any atom is 0.254 e. The van der Waals surface area contributed by atoms with Crippen LogP contribution in [-0.4, -0.2) is 67.0 Å². The Morgan fingerprint density at radius 3 is 2.53 bits per heavy atom. The third-order valence-corrected chi connectivity index (χ3v) is 6.48. The monoisotopic (exact) mass is 481 g/mol. The van der Waals surface area contributed by atoms with E-state index in [1.807, 2.05) is 43.3 Å². The summed E-state index contributed by atoms with van der Waals surface area (Å²) >= 11 is 6.13. The molecule has 1 amide bonds. The van der Waals surface area contributed by atoms with E-state index in [9.17, 15) is 4.79 Å². The van der Waals surface area contributed by atoms with E-state index < -0.39 is 0 Å². The molecule has 0 atom stereocenters. The minimum Gasteiger partial charge on any atom is -0.497 e. The van der Waals surface area contributed by atoms with E-state index in [2.05, 4.69) is 32.3 Å². The second kappa shape index (κ2) is 11.4. The summed E-state index contributed by atoms with van der Waals surface area (Å²) in [5, 5.41) is 8.15. The standard InChI is InChI=1S/C26H32ClN5O2/c1-3-25-24(19-29-32(25)22-7-4-6-20(27)18-22)26(33)28-12-5-13-30-14-16-31(17-15-30)21-8-10-23(34-2)11-9-21/h4,6-11,18-19H,3,5,12-17H2,1-2H3,(H,28,33). The highest BCUT2D eigenvalue weighted by molar-refractivity contribution is 6.30. The Bertz CT molecular complexity index is 1090. The molecule has 8 heteroatoms. The van der Waals surface area contributed by atoms with Crippen LogP contribution in [0.4, 0.5) is 5.69 Å². The molecular formula is C26H32ClN5O2. The summed E-state index contributed by atoms with van der Waals surface area (Å²) in [5.41, 5.74) is 3.60. The van der Waals surface area contributed by atoms with Crippen molar-refractivity contribution in [3.8, 4) is 11.4 Å². The maximum atomic E-state index is 12.8. The zero-order valence-corrected chi connectivity index (χ0v) is 20.6. The summed E-state index contributed by atoms with van der Waals surface area (Å²) in [4.78, 5) is 17.7. The molecule has 180 valence electrons. The number of aromatic nitrogens is 2. The highest BCUT2D eigenvalue weighted by Gasteiger charge is 2.19. The molecule has 0 spiro atoms. The van der Waals surface area contributed by atoms with Gasteiger partial charge in [-0.25, -0.2) is 4.68 Å². The van der Waals surface area contributed by atoms with E-state index in [4.69, 9.17) is 16.3 Å². The Balaban J connectivity index is 1.23. The van der Waals surface area contributed by atoms with Gasteiger partial charge in [0.25, 0.3) is 5.91 Å². The van der Waals surface area contributed by atoms with Crippen LogP contribution < -0.4 is 15.0 Å². The van der Waals surface area contributed by atoms with Crippen molar-refractivity contribution in [2.45, 2.75) is 19.8 Å². The molecular weight excluding hydrogens is 450 g/mol. The Morgan fingerprint density at radius 1 is 1.09 bits per heavy atom. The molecule has 34 heavy (non-hydrogen) atoms. The van der Waals surface area contributed by atoms with E-state index in [0.29, 0.717) is 23.6 Å². The smallest absolute Gasteiger partial charge is 0.254 e. The summed E-state index contributed by atoms with van der Waals surface area (Å²) in [6.45, 7) is 7.68. The van der Waals surface area contributed by atoms with Crippen molar-refractivity contribution in [3.05, 3.63) is 71.0 Å². The molecule has 1 aromatic heterocycles. The van der Waals surface area contributed by atoms with Crippen LogP contribution in [0.25, 0.3) is 5.69 Å². The van der Waals surface area contributed by atoms with Gasteiger partial charge in [0, 0.05) is 43.4 Å². The first-order valence-electron chi connectivity index (χ1n) is 11.8. The van der Waals surface area contributed by atoms with E-state index >= 15 is 0 Å². The lowest BCUT2D eigenvalue weighted by atomic mass is 10.2. The van der Waals surface area contributed by atoms with Crippen LogP contribution in [0.15, 0.2) is 54.7 Å². The topological polar surface area (TPSA) is 62.6 Å². The number of anilines is 1. The molecule has 2 aromatic carbocycles. The number of ether oxygens (including phenoxy) is 1. The average Bonchev–Trinajstić information content (AvgIpc) is 3.31. The number of benzene rings is 2. The Morgan fingerprint density at radius 2 is 1.85 bits per heavy atom. The second-order valence-corrected chi connectivity index (χ2v) is 8.82. The van der Waals surface area contributed by atoms with E-state index in [1.165, 1.54) is 5.69 Å². The van der Waals surface area contributed by atoms with Gasteiger partial charge < -0.3 is 15.0 Å². The molecule has 7 nitrogen and oxygen atoms in total. The molecule has 4 rings (SSSR count). The maximum absolute atomic E-state index is 12.8. The summed E-state index contributed by atoms with van der Waals surface area (Å²) in [6, 6.07) is 15.7. The van der Waals surface area contributed by atoms with Gasteiger partial charge in [0.15, 0.2) is 0 Å². The average molecular weight is 482 g/mol. The third kappa shape index (κ3) is 5.72. The number of hydrogen-bond acceptors (Lipinski definition) is 5. The molecule has 0 unspecified atom stereocenters. The second-order valence-electron chi connectivity index (χ2n) is 8.39. The van der Waals surface area contributed by atoms with E-state index in [0.717, 1.165) is 56.3 Å². The van der Waals surface area contributed by atoms with Gasteiger partial charge in [-0.1, -0.05) is 24.6 Å². The van der Waals surface area contributed by atoms with Crippen LogP contribution in [0.3, 0.4) is 0 Å².